The Balaban J connectivity index is 2.28. The van der Waals surface area contributed by atoms with Crippen LogP contribution < -0.4 is 0 Å². The lowest BCUT2D eigenvalue weighted by Crippen LogP contribution is -2.36. The monoisotopic (exact) mass is 225 g/mol. The molecule has 0 unspecified atom stereocenters. The van der Waals surface area contributed by atoms with Crippen LogP contribution in [-0.4, -0.2) is 5.78 Å². The second-order valence-corrected chi connectivity index (χ2v) is 5.20. The van der Waals surface area contributed by atoms with Crippen molar-refractivity contribution in [2.24, 2.45) is 5.41 Å². The van der Waals surface area contributed by atoms with E-state index in [1.54, 1.807) is 12.1 Å². The molecule has 2 nitrogen and oxygen atoms in total. The summed E-state index contributed by atoms with van der Waals surface area (Å²) in [5, 5.41) is 8.98. The van der Waals surface area contributed by atoms with Gasteiger partial charge in [0, 0.05) is 0 Å². The number of halogens is 1. The Labute approximate surface area is 91.1 Å². The van der Waals surface area contributed by atoms with Crippen LogP contribution in [-0.2, 0) is 0 Å². The van der Waals surface area contributed by atoms with Gasteiger partial charge in [-0.25, -0.2) is 0 Å². The minimum atomic E-state index is -0.742. The molecule has 1 saturated carbocycles. The van der Waals surface area contributed by atoms with Crippen molar-refractivity contribution in [3.05, 3.63) is 21.3 Å². The summed E-state index contributed by atoms with van der Waals surface area (Å²) in [5.41, 5.74) is -0.742. The van der Waals surface area contributed by atoms with E-state index in [2.05, 4.69) is 6.07 Å². The molecule has 1 heterocycles. The van der Waals surface area contributed by atoms with Crippen molar-refractivity contribution < 1.29 is 4.79 Å². The number of rotatable bonds is 2. The molecule has 0 spiro atoms. The summed E-state index contributed by atoms with van der Waals surface area (Å²) in [6, 6.07) is 5.54. The summed E-state index contributed by atoms with van der Waals surface area (Å²) in [4.78, 5) is 12.5. The number of nitriles is 1. The van der Waals surface area contributed by atoms with Gasteiger partial charge < -0.3 is 0 Å². The maximum Gasteiger partial charge on any atom is 0.193 e. The van der Waals surface area contributed by atoms with Gasteiger partial charge >= 0.3 is 0 Å². The Morgan fingerprint density at radius 1 is 1.57 bits per heavy atom. The van der Waals surface area contributed by atoms with E-state index in [1.165, 1.54) is 11.3 Å². The predicted molar refractivity (Wildman–Crippen MR) is 55.6 cm³/mol. The standard InChI is InChI=1S/C10H8ClNOS/c11-8-3-2-7(14-8)9(13)10(6-12)4-1-5-10/h2-3H,1,4-5H2. The molecule has 4 heteroatoms. The van der Waals surface area contributed by atoms with Crippen LogP contribution in [0.1, 0.15) is 28.9 Å². The first-order chi connectivity index (χ1) is 6.68. The lowest BCUT2D eigenvalue weighted by atomic mass is 9.67. The van der Waals surface area contributed by atoms with Crippen LogP contribution in [0.25, 0.3) is 0 Å². The molecule has 0 amide bonds. The van der Waals surface area contributed by atoms with Crippen molar-refractivity contribution in [2.75, 3.05) is 0 Å². The van der Waals surface area contributed by atoms with E-state index in [4.69, 9.17) is 16.9 Å². The van der Waals surface area contributed by atoms with Crippen LogP contribution in [0.15, 0.2) is 12.1 Å². The van der Waals surface area contributed by atoms with Crippen molar-refractivity contribution in [1.82, 2.24) is 0 Å². The SMILES string of the molecule is N#CC1(C(=O)c2ccc(Cl)s2)CCC1. The number of ketones is 1. The third-order valence-corrected chi connectivity index (χ3v) is 3.88. The van der Waals surface area contributed by atoms with Gasteiger partial charge in [-0.2, -0.15) is 5.26 Å². The Hall–Kier alpha value is -0.850. The third kappa shape index (κ3) is 1.35. The zero-order valence-corrected chi connectivity index (χ0v) is 8.99. The van der Waals surface area contributed by atoms with Crippen molar-refractivity contribution in [1.29, 1.82) is 5.26 Å². The summed E-state index contributed by atoms with van der Waals surface area (Å²) in [5.74, 6) is -0.0526. The molecule has 0 aromatic carbocycles. The summed E-state index contributed by atoms with van der Waals surface area (Å²) < 4.78 is 0.598. The zero-order valence-electron chi connectivity index (χ0n) is 7.42. The van der Waals surface area contributed by atoms with Crippen LogP contribution >= 0.6 is 22.9 Å². The van der Waals surface area contributed by atoms with E-state index in [1.807, 2.05) is 0 Å². The Kier molecular flexibility index (Phi) is 2.34. The number of nitrogens with zero attached hydrogens (tertiary/aromatic N) is 1. The topological polar surface area (TPSA) is 40.9 Å². The first-order valence-electron chi connectivity index (χ1n) is 4.39. The summed E-state index contributed by atoms with van der Waals surface area (Å²) >= 11 is 6.99. The molecule has 0 aliphatic heterocycles. The van der Waals surface area contributed by atoms with Crippen LogP contribution in [0.3, 0.4) is 0 Å². The van der Waals surface area contributed by atoms with E-state index in [0.717, 1.165) is 6.42 Å². The summed E-state index contributed by atoms with van der Waals surface area (Å²) in [6.45, 7) is 0. The molecule has 0 atom stereocenters. The number of thiophene rings is 1. The largest absolute Gasteiger partial charge is 0.291 e. The second kappa shape index (κ2) is 3.38. The first-order valence-corrected chi connectivity index (χ1v) is 5.59. The van der Waals surface area contributed by atoms with E-state index in [9.17, 15) is 4.79 Å². The molecule has 1 aliphatic carbocycles. The number of carbonyl (C=O) groups is 1. The highest BCUT2D eigenvalue weighted by atomic mass is 35.5. The molecule has 0 N–H and O–H groups in total. The van der Waals surface area contributed by atoms with Gasteiger partial charge in [0.1, 0.15) is 5.41 Å². The molecule has 0 bridgehead atoms. The van der Waals surface area contributed by atoms with Crippen LogP contribution in [0.5, 0.6) is 0 Å². The molecule has 14 heavy (non-hydrogen) atoms. The van der Waals surface area contributed by atoms with Gasteiger partial charge in [0.15, 0.2) is 5.78 Å². The molecule has 1 fully saturated rings. The predicted octanol–water partition coefficient (Wildman–Crippen LogP) is 3.28. The maximum atomic E-state index is 11.9. The van der Waals surface area contributed by atoms with E-state index in [-0.39, 0.29) is 5.78 Å². The summed E-state index contributed by atoms with van der Waals surface area (Å²) in [6.07, 6.45) is 2.36. The molecule has 1 aromatic rings. The molecular weight excluding hydrogens is 218 g/mol. The van der Waals surface area contributed by atoms with Gasteiger partial charge in [-0.3, -0.25) is 4.79 Å². The Morgan fingerprint density at radius 3 is 2.64 bits per heavy atom. The molecule has 0 saturated heterocycles. The quantitative estimate of drug-likeness (QED) is 0.725. The van der Waals surface area contributed by atoms with Crippen molar-refractivity contribution >= 4 is 28.7 Å². The van der Waals surface area contributed by atoms with Crippen molar-refractivity contribution in [3.63, 3.8) is 0 Å². The fourth-order valence-corrected chi connectivity index (χ4v) is 2.67. The van der Waals surface area contributed by atoms with Gasteiger partial charge in [0.05, 0.1) is 15.3 Å². The van der Waals surface area contributed by atoms with Gasteiger partial charge in [0.2, 0.25) is 0 Å². The van der Waals surface area contributed by atoms with Gasteiger partial charge in [0.25, 0.3) is 0 Å². The van der Waals surface area contributed by atoms with E-state index >= 15 is 0 Å². The average Bonchev–Trinajstić information content (AvgIpc) is 2.50. The smallest absolute Gasteiger partial charge is 0.193 e. The van der Waals surface area contributed by atoms with Crippen LogP contribution in [0.4, 0.5) is 0 Å². The maximum absolute atomic E-state index is 11.9. The van der Waals surface area contributed by atoms with Crippen molar-refractivity contribution in [3.8, 4) is 6.07 Å². The minimum absolute atomic E-state index is 0.0526. The average molecular weight is 226 g/mol. The fraction of sp³-hybridized carbons (Fsp3) is 0.400. The lowest BCUT2D eigenvalue weighted by Gasteiger charge is -2.32. The van der Waals surface area contributed by atoms with E-state index in [0.29, 0.717) is 22.1 Å². The third-order valence-electron chi connectivity index (χ3n) is 2.65. The Morgan fingerprint density at radius 2 is 2.29 bits per heavy atom. The molecule has 72 valence electrons. The Bertz CT molecular complexity index is 414. The van der Waals surface area contributed by atoms with Crippen LogP contribution in [0, 0.1) is 16.7 Å². The van der Waals surface area contributed by atoms with Gasteiger partial charge in [-0.15, -0.1) is 11.3 Å². The zero-order chi connectivity index (χ0) is 10.2. The highest BCUT2D eigenvalue weighted by molar-refractivity contribution is 7.18. The lowest BCUT2D eigenvalue weighted by molar-refractivity contribution is 0.0753. The van der Waals surface area contributed by atoms with Gasteiger partial charge in [-0.05, 0) is 31.4 Å². The second-order valence-electron chi connectivity index (χ2n) is 3.48. The van der Waals surface area contributed by atoms with Gasteiger partial charge in [-0.1, -0.05) is 11.6 Å². The van der Waals surface area contributed by atoms with E-state index < -0.39 is 5.41 Å². The van der Waals surface area contributed by atoms with Crippen LogP contribution in [0.2, 0.25) is 4.34 Å². The fourth-order valence-electron chi connectivity index (χ4n) is 1.59. The molecule has 0 radical (unpaired) electrons. The van der Waals surface area contributed by atoms with Crippen molar-refractivity contribution in [2.45, 2.75) is 19.3 Å². The molecule has 1 aromatic heterocycles. The highest BCUT2D eigenvalue weighted by Gasteiger charge is 2.45. The number of carbonyl (C=O) groups excluding carboxylic acids is 1. The molecule has 2 rings (SSSR count). The molecule has 1 aliphatic rings. The number of hydrogen-bond acceptors (Lipinski definition) is 3. The molecular formula is C10H8ClNOS. The summed E-state index contributed by atoms with van der Waals surface area (Å²) in [7, 11) is 0. The number of hydrogen-bond donors (Lipinski definition) is 0. The number of Topliss-reactive ketones (excluding diaryl/α,β-unsaturated/α-hetero) is 1. The minimum Gasteiger partial charge on any atom is -0.291 e. The normalized spacial score (nSPS) is 18.3. The first kappa shape index (κ1) is 9.70. The highest BCUT2D eigenvalue weighted by Crippen LogP contribution is 2.44.